The molecule has 0 N–H and O–H groups in total. The maximum atomic E-state index is 6.39. The van der Waals surface area contributed by atoms with Crippen molar-refractivity contribution in [2.45, 2.75) is 87.3 Å². The maximum absolute atomic E-state index is 6.39. The van der Waals surface area contributed by atoms with Gasteiger partial charge in [-0.3, -0.25) is 0 Å². The molecular formula is C24H34Cl2N2O2S. The molecule has 0 spiro atoms. The third-order valence-electron chi connectivity index (χ3n) is 5.72. The normalized spacial score (nSPS) is 16.6. The lowest BCUT2D eigenvalue weighted by Crippen LogP contribution is -2.36. The molecular weight excluding hydrogens is 451 g/mol. The molecule has 0 radical (unpaired) electrons. The molecule has 1 saturated carbocycles. The molecule has 1 aromatic heterocycles. The molecule has 31 heavy (non-hydrogen) atoms. The first-order valence-corrected chi connectivity index (χ1v) is 12.9. The number of imidazole rings is 1. The van der Waals surface area contributed by atoms with Crippen LogP contribution in [0.2, 0.25) is 10.0 Å². The molecule has 0 atom stereocenters. The van der Waals surface area contributed by atoms with E-state index in [1.54, 1.807) is 17.8 Å². The molecule has 1 aliphatic rings. The monoisotopic (exact) mass is 484 g/mol. The van der Waals surface area contributed by atoms with Gasteiger partial charge in [0.15, 0.2) is 5.79 Å². The molecule has 0 bridgehead atoms. The van der Waals surface area contributed by atoms with Crippen LogP contribution in [-0.4, -0.2) is 28.6 Å². The predicted octanol–water partition coefficient (Wildman–Crippen LogP) is 7.65. The summed E-state index contributed by atoms with van der Waals surface area (Å²) in [5, 5.41) is 2.40. The van der Waals surface area contributed by atoms with Crippen molar-refractivity contribution in [3.05, 3.63) is 39.8 Å². The molecule has 172 valence electrons. The summed E-state index contributed by atoms with van der Waals surface area (Å²) in [6.07, 6.45) is 7.59. The quantitative estimate of drug-likeness (QED) is 0.270. The van der Waals surface area contributed by atoms with E-state index in [1.165, 1.54) is 25.7 Å². The zero-order valence-electron chi connectivity index (χ0n) is 19.0. The summed E-state index contributed by atoms with van der Waals surface area (Å²) >= 11 is 14.1. The standard InChI is InChI=1S/C24H34Cl2N2O2S/c1-5-29-24(11-8-6-7-9-12-24)30-13-10-21-27-22(17(2)3)23(28(21)4)31-20-15-18(25)14-19(26)16-20/h14-17H,5-13H2,1-4H3. The van der Waals surface area contributed by atoms with Crippen molar-refractivity contribution in [1.82, 2.24) is 9.55 Å². The topological polar surface area (TPSA) is 36.3 Å². The fourth-order valence-corrected chi connectivity index (χ4v) is 6.04. The van der Waals surface area contributed by atoms with Crippen molar-refractivity contribution in [2.75, 3.05) is 13.2 Å². The first kappa shape index (κ1) is 24.9. The van der Waals surface area contributed by atoms with Crippen molar-refractivity contribution in [2.24, 2.45) is 7.05 Å². The minimum absolute atomic E-state index is 0.314. The second-order valence-electron chi connectivity index (χ2n) is 8.50. The maximum Gasteiger partial charge on any atom is 0.168 e. The third-order valence-corrected chi connectivity index (χ3v) is 7.31. The summed E-state index contributed by atoms with van der Waals surface area (Å²) in [7, 11) is 2.08. The second-order valence-corrected chi connectivity index (χ2v) is 10.4. The third kappa shape index (κ3) is 6.64. The van der Waals surface area contributed by atoms with E-state index in [1.807, 2.05) is 12.1 Å². The number of hydrogen-bond acceptors (Lipinski definition) is 4. The molecule has 0 aliphatic heterocycles. The summed E-state index contributed by atoms with van der Waals surface area (Å²) in [5.74, 6) is 0.918. The molecule has 7 heteroatoms. The van der Waals surface area contributed by atoms with E-state index < -0.39 is 5.79 Å². The number of aromatic nitrogens is 2. The van der Waals surface area contributed by atoms with Crippen LogP contribution in [-0.2, 0) is 22.9 Å². The van der Waals surface area contributed by atoms with Crippen LogP contribution in [0.3, 0.4) is 0 Å². The lowest BCUT2D eigenvalue weighted by molar-refractivity contribution is -0.241. The Morgan fingerprint density at radius 1 is 1.06 bits per heavy atom. The molecule has 4 nitrogen and oxygen atoms in total. The minimum Gasteiger partial charge on any atom is -0.350 e. The number of ether oxygens (including phenoxy) is 2. The van der Waals surface area contributed by atoms with Crippen LogP contribution in [0.1, 0.15) is 76.7 Å². The summed E-state index contributed by atoms with van der Waals surface area (Å²) in [6, 6.07) is 5.63. The van der Waals surface area contributed by atoms with E-state index in [0.717, 1.165) is 40.7 Å². The molecule has 1 aliphatic carbocycles. The Balaban J connectivity index is 1.75. The van der Waals surface area contributed by atoms with Crippen molar-refractivity contribution >= 4 is 35.0 Å². The van der Waals surface area contributed by atoms with Crippen molar-refractivity contribution in [3.63, 3.8) is 0 Å². The zero-order chi connectivity index (χ0) is 22.4. The molecule has 0 unspecified atom stereocenters. The van der Waals surface area contributed by atoms with Crippen LogP contribution in [0.25, 0.3) is 0 Å². The van der Waals surface area contributed by atoms with Gasteiger partial charge >= 0.3 is 0 Å². The molecule has 1 heterocycles. The van der Waals surface area contributed by atoms with Gasteiger partial charge in [0.1, 0.15) is 10.9 Å². The number of hydrogen-bond donors (Lipinski definition) is 0. The molecule has 2 aromatic rings. The smallest absolute Gasteiger partial charge is 0.168 e. The number of nitrogens with zero attached hydrogens (tertiary/aromatic N) is 2. The Kier molecular flexibility index (Phi) is 9.18. The van der Waals surface area contributed by atoms with E-state index in [9.17, 15) is 0 Å². The SMILES string of the molecule is CCOC1(OCCc2nc(C(C)C)c(Sc3cc(Cl)cc(Cl)c3)n2C)CCCCCC1. The van der Waals surface area contributed by atoms with Gasteiger partial charge in [-0.05, 0) is 43.9 Å². The van der Waals surface area contributed by atoms with E-state index in [2.05, 4.69) is 32.4 Å². The lowest BCUT2D eigenvalue weighted by atomic mass is 10.1. The van der Waals surface area contributed by atoms with Crippen molar-refractivity contribution < 1.29 is 9.47 Å². The zero-order valence-corrected chi connectivity index (χ0v) is 21.4. The Hall–Kier alpha value is -0.720. The average Bonchev–Trinajstić information content (AvgIpc) is 2.86. The summed E-state index contributed by atoms with van der Waals surface area (Å²) in [5.41, 5.74) is 1.09. The Morgan fingerprint density at radius 3 is 2.29 bits per heavy atom. The van der Waals surface area contributed by atoms with Crippen LogP contribution in [0.5, 0.6) is 0 Å². The molecule has 1 aromatic carbocycles. The average molecular weight is 486 g/mol. The van der Waals surface area contributed by atoms with Crippen LogP contribution in [0.15, 0.2) is 28.1 Å². The van der Waals surface area contributed by atoms with Gasteiger partial charge in [-0.25, -0.2) is 4.98 Å². The number of halogens is 2. The first-order valence-electron chi connectivity index (χ1n) is 11.3. The van der Waals surface area contributed by atoms with Crippen LogP contribution in [0, 0.1) is 0 Å². The molecule has 1 fully saturated rings. The van der Waals surface area contributed by atoms with Gasteiger partial charge in [0, 0.05) is 47.9 Å². The van der Waals surface area contributed by atoms with Gasteiger partial charge in [-0.2, -0.15) is 0 Å². The lowest BCUT2D eigenvalue weighted by Gasteiger charge is -2.32. The van der Waals surface area contributed by atoms with Crippen molar-refractivity contribution in [1.29, 1.82) is 0 Å². The molecule has 0 saturated heterocycles. The van der Waals surface area contributed by atoms with Gasteiger partial charge in [-0.1, -0.05) is 61.7 Å². The van der Waals surface area contributed by atoms with Gasteiger partial charge in [-0.15, -0.1) is 0 Å². The van der Waals surface area contributed by atoms with Crippen LogP contribution >= 0.6 is 35.0 Å². The Morgan fingerprint density at radius 2 is 1.71 bits per heavy atom. The van der Waals surface area contributed by atoms with E-state index in [0.29, 0.717) is 29.2 Å². The Labute approximate surface area is 201 Å². The number of rotatable bonds is 9. The minimum atomic E-state index is -0.424. The van der Waals surface area contributed by atoms with Crippen molar-refractivity contribution in [3.8, 4) is 0 Å². The first-order chi connectivity index (χ1) is 14.8. The fourth-order valence-electron chi connectivity index (χ4n) is 4.16. The Bertz CT molecular complexity index is 841. The van der Waals surface area contributed by atoms with Gasteiger partial charge in [0.05, 0.1) is 12.3 Å². The van der Waals surface area contributed by atoms with Crippen LogP contribution < -0.4 is 0 Å². The van der Waals surface area contributed by atoms with Gasteiger partial charge in [0.25, 0.3) is 0 Å². The summed E-state index contributed by atoms with van der Waals surface area (Å²) in [6.45, 7) is 7.69. The highest BCUT2D eigenvalue weighted by Gasteiger charge is 2.32. The second kappa shape index (κ2) is 11.4. The number of benzene rings is 1. The molecule has 3 rings (SSSR count). The highest BCUT2D eigenvalue weighted by molar-refractivity contribution is 7.99. The van der Waals surface area contributed by atoms with E-state index >= 15 is 0 Å². The predicted molar refractivity (Wildman–Crippen MR) is 130 cm³/mol. The molecule has 0 amide bonds. The highest BCUT2D eigenvalue weighted by Crippen LogP contribution is 2.37. The van der Waals surface area contributed by atoms with Gasteiger partial charge in [0.2, 0.25) is 0 Å². The van der Waals surface area contributed by atoms with E-state index in [-0.39, 0.29) is 0 Å². The van der Waals surface area contributed by atoms with Crippen LogP contribution in [0.4, 0.5) is 0 Å². The fraction of sp³-hybridized carbons (Fsp3) is 0.625. The van der Waals surface area contributed by atoms with E-state index in [4.69, 9.17) is 37.7 Å². The largest absolute Gasteiger partial charge is 0.350 e. The summed E-state index contributed by atoms with van der Waals surface area (Å²) in [4.78, 5) is 5.99. The van der Waals surface area contributed by atoms with Gasteiger partial charge < -0.3 is 14.0 Å². The highest BCUT2D eigenvalue weighted by atomic mass is 35.5. The summed E-state index contributed by atoms with van der Waals surface area (Å²) < 4.78 is 14.7.